The van der Waals surface area contributed by atoms with Crippen LogP contribution in [0.25, 0.3) is 5.69 Å². The fourth-order valence-electron chi connectivity index (χ4n) is 3.35. The molecule has 4 rings (SSSR count). The molecule has 0 spiro atoms. The highest BCUT2D eigenvalue weighted by atomic mass is 32.2. The number of rotatable bonds is 6. The lowest BCUT2D eigenvalue weighted by Crippen LogP contribution is -2.48. The van der Waals surface area contributed by atoms with Gasteiger partial charge in [-0.3, -0.25) is 4.90 Å². The number of hydrogen-bond donors (Lipinski definition) is 0. The van der Waals surface area contributed by atoms with E-state index in [9.17, 15) is 17.2 Å². The highest BCUT2D eigenvalue weighted by Gasteiger charge is 2.29. The van der Waals surface area contributed by atoms with Crippen molar-refractivity contribution in [1.82, 2.24) is 29.4 Å². The van der Waals surface area contributed by atoms with E-state index >= 15 is 0 Å². The molecular formula is C19H20F2N6O3S. The fourth-order valence-corrected chi connectivity index (χ4v) is 4.77. The summed E-state index contributed by atoms with van der Waals surface area (Å²) in [7, 11) is -2.08. The average molecular weight is 450 g/mol. The topological polar surface area (TPSA) is 93.5 Å². The van der Waals surface area contributed by atoms with Gasteiger partial charge in [0.25, 0.3) is 0 Å². The smallest absolute Gasteiger partial charge is 0.243 e. The number of tetrazole rings is 1. The van der Waals surface area contributed by atoms with Gasteiger partial charge in [0.1, 0.15) is 5.75 Å². The Bertz CT molecular complexity index is 1160. The van der Waals surface area contributed by atoms with E-state index in [0.29, 0.717) is 50.0 Å². The van der Waals surface area contributed by atoms with Crippen LogP contribution in [-0.4, -0.2) is 71.1 Å². The first-order valence-corrected chi connectivity index (χ1v) is 10.9. The largest absolute Gasteiger partial charge is 0.497 e. The first kappa shape index (κ1) is 21.3. The number of benzene rings is 2. The van der Waals surface area contributed by atoms with Crippen molar-refractivity contribution in [2.45, 2.75) is 11.4 Å². The second-order valence-electron chi connectivity index (χ2n) is 6.96. The minimum absolute atomic E-state index is 0.212. The quantitative estimate of drug-likeness (QED) is 0.561. The molecule has 0 amide bonds. The van der Waals surface area contributed by atoms with E-state index in [1.54, 1.807) is 12.1 Å². The summed E-state index contributed by atoms with van der Waals surface area (Å²) < 4.78 is 60.4. The SMILES string of the molecule is COc1ccc(S(=O)(=O)N2CCN(Cc3nnnn3-c3ccc(F)c(F)c3)CC2)cc1. The molecule has 2 aromatic carbocycles. The number of aromatic nitrogens is 4. The second-order valence-corrected chi connectivity index (χ2v) is 8.90. The molecule has 1 saturated heterocycles. The Morgan fingerprint density at radius 2 is 1.71 bits per heavy atom. The molecule has 0 N–H and O–H groups in total. The summed E-state index contributed by atoms with van der Waals surface area (Å²) in [6, 6.07) is 9.70. The molecule has 1 aromatic heterocycles. The van der Waals surface area contributed by atoms with Crippen LogP contribution in [0.4, 0.5) is 8.78 Å². The predicted octanol–water partition coefficient (Wildman–Crippen LogP) is 1.46. The van der Waals surface area contributed by atoms with Gasteiger partial charge in [0.2, 0.25) is 10.0 Å². The van der Waals surface area contributed by atoms with Crippen LogP contribution in [0, 0.1) is 11.6 Å². The molecular weight excluding hydrogens is 430 g/mol. The number of piperazine rings is 1. The average Bonchev–Trinajstić information content (AvgIpc) is 3.24. The van der Waals surface area contributed by atoms with Crippen LogP contribution < -0.4 is 4.74 Å². The number of halogens is 2. The van der Waals surface area contributed by atoms with Crippen LogP contribution in [0.15, 0.2) is 47.4 Å². The Morgan fingerprint density at radius 1 is 1.00 bits per heavy atom. The zero-order valence-corrected chi connectivity index (χ0v) is 17.5. The highest BCUT2D eigenvalue weighted by molar-refractivity contribution is 7.89. The first-order chi connectivity index (χ1) is 14.9. The van der Waals surface area contributed by atoms with Gasteiger partial charge in [-0.15, -0.1) is 5.10 Å². The van der Waals surface area contributed by atoms with E-state index in [2.05, 4.69) is 15.5 Å². The summed E-state index contributed by atoms with van der Waals surface area (Å²) in [6.07, 6.45) is 0. The Balaban J connectivity index is 1.42. The lowest BCUT2D eigenvalue weighted by Gasteiger charge is -2.33. The number of sulfonamides is 1. The molecule has 0 aliphatic carbocycles. The van der Waals surface area contributed by atoms with Crippen LogP contribution in [0.5, 0.6) is 5.75 Å². The van der Waals surface area contributed by atoms with Crippen molar-refractivity contribution in [3.63, 3.8) is 0 Å². The third-order valence-corrected chi connectivity index (χ3v) is 6.99. The van der Waals surface area contributed by atoms with Gasteiger partial charge in [-0.05, 0) is 46.8 Å². The van der Waals surface area contributed by atoms with Gasteiger partial charge in [-0.2, -0.15) is 8.99 Å². The van der Waals surface area contributed by atoms with Crippen molar-refractivity contribution < 1.29 is 21.9 Å². The van der Waals surface area contributed by atoms with Gasteiger partial charge in [-0.25, -0.2) is 17.2 Å². The van der Waals surface area contributed by atoms with Gasteiger partial charge in [-0.1, -0.05) is 0 Å². The maximum atomic E-state index is 13.6. The molecule has 164 valence electrons. The maximum Gasteiger partial charge on any atom is 0.243 e. The molecule has 1 aliphatic heterocycles. The molecule has 31 heavy (non-hydrogen) atoms. The molecule has 0 saturated carbocycles. The summed E-state index contributed by atoms with van der Waals surface area (Å²) in [6.45, 7) is 1.89. The molecule has 0 bridgehead atoms. The van der Waals surface area contributed by atoms with E-state index in [0.717, 1.165) is 12.1 Å². The molecule has 0 atom stereocenters. The fraction of sp³-hybridized carbons (Fsp3) is 0.316. The van der Waals surface area contributed by atoms with Crippen molar-refractivity contribution in [2.24, 2.45) is 0 Å². The standard InChI is InChI=1S/C19H20F2N6O3S/c1-30-15-3-5-16(6-4-15)31(28,29)26-10-8-25(9-11-26)13-19-22-23-24-27(19)14-2-7-17(20)18(21)12-14/h2-7,12H,8-11,13H2,1H3. The third-order valence-electron chi connectivity index (χ3n) is 5.08. The molecule has 1 aliphatic rings. The van der Waals surface area contributed by atoms with E-state index in [1.165, 1.54) is 34.3 Å². The van der Waals surface area contributed by atoms with Crippen molar-refractivity contribution in [1.29, 1.82) is 0 Å². The molecule has 3 aromatic rings. The zero-order valence-electron chi connectivity index (χ0n) is 16.6. The molecule has 2 heterocycles. The van der Waals surface area contributed by atoms with Crippen molar-refractivity contribution in [3.8, 4) is 11.4 Å². The van der Waals surface area contributed by atoms with E-state index in [-0.39, 0.29) is 4.90 Å². The normalized spacial score (nSPS) is 15.8. The van der Waals surface area contributed by atoms with Gasteiger partial charge < -0.3 is 4.74 Å². The summed E-state index contributed by atoms with van der Waals surface area (Å²) in [4.78, 5) is 2.21. The van der Waals surface area contributed by atoms with E-state index < -0.39 is 21.7 Å². The second kappa shape index (κ2) is 8.65. The predicted molar refractivity (Wildman–Crippen MR) is 106 cm³/mol. The van der Waals surface area contributed by atoms with Gasteiger partial charge in [0.15, 0.2) is 17.5 Å². The molecule has 0 radical (unpaired) electrons. The Morgan fingerprint density at radius 3 is 2.35 bits per heavy atom. The number of nitrogens with zero attached hydrogens (tertiary/aromatic N) is 6. The van der Waals surface area contributed by atoms with Crippen molar-refractivity contribution >= 4 is 10.0 Å². The van der Waals surface area contributed by atoms with E-state index in [4.69, 9.17) is 4.74 Å². The Hall–Kier alpha value is -2.96. The monoisotopic (exact) mass is 450 g/mol. The maximum absolute atomic E-state index is 13.6. The Labute approximate surface area is 177 Å². The Kier molecular flexibility index (Phi) is 5.94. The summed E-state index contributed by atoms with van der Waals surface area (Å²) in [5, 5.41) is 11.5. The van der Waals surface area contributed by atoms with Gasteiger partial charge in [0, 0.05) is 32.2 Å². The van der Waals surface area contributed by atoms with E-state index in [1.807, 2.05) is 4.90 Å². The molecule has 1 fully saturated rings. The number of ether oxygens (including phenoxy) is 1. The minimum atomic E-state index is -3.60. The van der Waals surface area contributed by atoms with Crippen LogP contribution >= 0.6 is 0 Å². The number of hydrogen-bond acceptors (Lipinski definition) is 7. The highest BCUT2D eigenvalue weighted by Crippen LogP contribution is 2.21. The lowest BCUT2D eigenvalue weighted by atomic mass is 10.3. The molecule has 9 nitrogen and oxygen atoms in total. The van der Waals surface area contributed by atoms with Crippen LogP contribution in [0.3, 0.4) is 0 Å². The van der Waals surface area contributed by atoms with Crippen LogP contribution in [0.1, 0.15) is 5.82 Å². The molecule has 0 unspecified atom stereocenters. The van der Waals surface area contributed by atoms with Crippen LogP contribution in [0.2, 0.25) is 0 Å². The summed E-state index contributed by atoms with van der Waals surface area (Å²) >= 11 is 0. The lowest BCUT2D eigenvalue weighted by molar-refractivity contribution is 0.177. The summed E-state index contributed by atoms with van der Waals surface area (Å²) in [5.74, 6) is -0.913. The van der Waals surface area contributed by atoms with Crippen molar-refractivity contribution in [3.05, 3.63) is 59.9 Å². The zero-order chi connectivity index (χ0) is 22.0. The number of methoxy groups -OCH3 is 1. The molecule has 12 heteroatoms. The first-order valence-electron chi connectivity index (χ1n) is 9.48. The van der Waals surface area contributed by atoms with Crippen LogP contribution in [-0.2, 0) is 16.6 Å². The van der Waals surface area contributed by atoms with Gasteiger partial charge in [0.05, 0.1) is 24.2 Å². The van der Waals surface area contributed by atoms with Crippen molar-refractivity contribution in [2.75, 3.05) is 33.3 Å². The van der Waals surface area contributed by atoms with Gasteiger partial charge >= 0.3 is 0 Å². The minimum Gasteiger partial charge on any atom is -0.497 e. The third kappa shape index (κ3) is 4.40. The summed E-state index contributed by atoms with van der Waals surface area (Å²) in [5.41, 5.74) is 0.305.